The maximum absolute atomic E-state index is 5.76. The van der Waals surface area contributed by atoms with E-state index in [4.69, 9.17) is 4.74 Å². The number of hydrogen-bond acceptors (Lipinski definition) is 5. The summed E-state index contributed by atoms with van der Waals surface area (Å²) >= 11 is 0. The van der Waals surface area contributed by atoms with Crippen molar-refractivity contribution in [2.24, 2.45) is 0 Å². The molecule has 0 amide bonds. The van der Waals surface area contributed by atoms with Crippen LogP contribution in [0.4, 0.5) is 11.8 Å². The number of anilines is 2. The Balaban J connectivity index is 1.88. The van der Waals surface area contributed by atoms with E-state index in [-0.39, 0.29) is 6.04 Å². The number of ether oxygens (including phenoxy) is 1. The van der Waals surface area contributed by atoms with E-state index in [1.54, 1.807) is 6.20 Å². The van der Waals surface area contributed by atoms with Crippen molar-refractivity contribution in [3.63, 3.8) is 0 Å². The zero-order valence-corrected chi connectivity index (χ0v) is 13.0. The molecule has 1 aromatic heterocycles. The summed E-state index contributed by atoms with van der Waals surface area (Å²) < 4.78 is 5.76. The average molecular weight is 286 g/mol. The highest BCUT2D eigenvalue weighted by Crippen LogP contribution is 2.13. The molecule has 21 heavy (non-hydrogen) atoms. The van der Waals surface area contributed by atoms with Gasteiger partial charge in [0.1, 0.15) is 18.2 Å². The van der Waals surface area contributed by atoms with Gasteiger partial charge in [-0.05, 0) is 32.0 Å². The van der Waals surface area contributed by atoms with Crippen molar-refractivity contribution in [2.75, 3.05) is 30.9 Å². The van der Waals surface area contributed by atoms with Crippen molar-refractivity contribution in [2.45, 2.75) is 19.9 Å². The van der Waals surface area contributed by atoms with E-state index in [2.05, 4.69) is 29.1 Å². The molecule has 0 fully saturated rings. The van der Waals surface area contributed by atoms with Crippen LogP contribution in [0.3, 0.4) is 0 Å². The Morgan fingerprint density at radius 3 is 2.57 bits per heavy atom. The van der Waals surface area contributed by atoms with Gasteiger partial charge in [-0.2, -0.15) is 4.98 Å². The Hall–Kier alpha value is -2.30. The predicted octanol–water partition coefficient (Wildman–Crippen LogP) is 2.73. The van der Waals surface area contributed by atoms with E-state index in [0.717, 1.165) is 11.6 Å². The van der Waals surface area contributed by atoms with Gasteiger partial charge >= 0.3 is 0 Å². The maximum atomic E-state index is 5.76. The number of aromatic nitrogens is 2. The van der Waals surface area contributed by atoms with Crippen LogP contribution in [-0.2, 0) is 0 Å². The van der Waals surface area contributed by atoms with Crippen LogP contribution in [0.15, 0.2) is 36.5 Å². The maximum Gasteiger partial charge on any atom is 0.226 e. The molecule has 1 atom stereocenters. The third-order valence-corrected chi connectivity index (χ3v) is 2.96. The van der Waals surface area contributed by atoms with Crippen LogP contribution >= 0.6 is 0 Å². The molecule has 0 saturated carbocycles. The molecule has 0 radical (unpaired) electrons. The lowest BCUT2D eigenvalue weighted by Gasteiger charge is -2.17. The lowest BCUT2D eigenvalue weighted by molar-refractivity contribution is 0.303. The first-order valence-electron chi connectivity index (χ1n) is 7.01. The predicted molar refractivity (Wildman–Crippen MR) is 86.1 cm³/mol. The van der Waals surface area contributed by atoms with Gasteiger partial charge in [0.15, 0.2) is 0 Å². The van der Waals surface area contributed by atoms with Crippen molar-refractivity contribution in [1.82, 2.24) is 9.97 Å². The number of benzene rings is 1. The Morgan fingerprint density at radius 1 is 1.19 bits per heavy atom. The highest BCUT2D eigenvalue weighted by atomic mass is 16.5. The normalized spacial score (nSPS) is 11.8. The van der Waals surface area contributed by atoms with Gasteiger partial charge in [0.2, 0.25) is 5.95 Å². The van der Waals surface area contributed by atoms with Gasteiger partial charge in [-0.1, -0.05) is 17.7 Å². The van der Waals surface area contributed by atoms with Gasteiger partial charge < -0.3 is 15.0 Å². The standard InChI is InChI=1S/C16H22N4O/c1-12-5-7-14(8-6-12)21-11-13(2)18-15-9-10-17-16(19-15)20(3)4/h5-10,13H,11H2,1-4H3,(H,17,18,19). The average Bonchev–Trinajstić information content (AvgIpc) is 2.47. The molecule has 1 N–H and O–H groups in total. The van der Waals surface area contributed by atoms with Gasteiger partial charge in [-0.25, -0.2) is 4.98 Å². The van der Waals surface area contributed by atoms with E-state index in [0.29, 0.717) is 12.6 Å². The quantitative estimate of drug-likeness (QED) is 0.885. The van der Waals surface area contributed by atoms with Crippen molar-refractivity contribution in [3.8, 4) is 5.75 Å². The fraction of sp³-hybridized carbons (Fsp3) is 0.375. The third kappa shape index (κ3) is 4.63. The monoisotopic (exact) mass is 286 g/mol. The zero-order valence-electron chi connectivity index (χ0n) is 13.0. The van der Waals surface area contributed by atoms with E-state index < -0.39 is 0 Å². The molecule has 1 unspecified atom stereocenters. The summed E-state index contributed by atoms with van der Waals surface area (Å²) in [6, 6.07) is 10.1. The summed E-state index contributed by atoms with van der Waals surface area (Å²) in [6.45, 7) is 4.70. The summed E-state index contributed by atoms with van der Waals surface area (Å²) in [6.07, 6.45) is 1.75. The molecule has 2 rings (SSSR count). The molecule has 0 aliphatic carbocycles. The second kappa shape index (κ2) is 6.92. The van der Waals surface area contributed by atoms with Crippen LogP contribution in [0.2, 0.25) is 0 Å². The van der Waals surface area contributed by atoms with Gasteiger partial charge in [0.05, 0.1) is 6.04 Å². The Bertz CT molecular complexity index is 569. The molecule has 0 aliphatic rings. The van der Waals surface area contributed by atoms with Gasteiger partial charge in [0, 0.05) is 20.3 Å². The van der Waals surface area contributed by atoms with Crippen LogP contribution in [-0.4, -0.2) is 36.7 Å². The Labute approximate surface area is 126 Å². The number of nitrogens with zero attached hydrogens (tertiary/aromatic N) is 3. The molecule has 0 saturated heterocycles. The minimum Gasteiger partial charge on any atom is -0.491 e. The number of hydrogen-bond donors (Lipinski definition) is 1. The van der Waals surface area contributed by atoms with Gasteiger partial charge in [-0.15, -0.1) is 0 Å². The zero-order chi connectivity index (χ0) is 15.2. The molecule has 0 aliphatic heterocycles. The Kier molecular flexibility index (Phi) is 4.98. The smallest absolute Gasteiger partial charge is 0.226 e. The van der Waals surface area contributed by atoms with Gasteiger partial charge in [-0.3, -0.25) is 0 Å². The second-order valence-electron chi connectivity index (χ2n) is 5.31. The van der Waals surface area contributed by atoms with Crippen LogP contribution < -0.4 is 15.0 Å². The van der Waals surface area contributed by atoms with Crippen LogP contribution in [0, 0.1) is 6.92 Å². The topological polar surface area (TPSA) is 50.3 Å². The highest BCUT2D eigenvalue weighted by molar-refractivity contribution is 5.41. The van der Waals surface area contributed by atoms with Crippen molar-refractivity contribution in [1.29, 1.82) is 0 Å². The summed E-state index contributed by atoms with van der Waals surface area (Å²) in [5.74, 6) is 2.37. The largest absolute Gasteiger partial charge is 0.491 e. The summed E-state index contributed by atoms with van der Waals surface area (Å²) in [5.41, 5.74) is 1.23. The van der Waals surface area contributed by atoms with Gasteiger partial charge in [0.25, 0.3) is 0 Å². The van der Waals surface area contributed by atoms with E-state index in [9.17, 15) is 0 Å². The first-order valence-corrected chi connectivity index (χ1v) is 7.01. The molecule has 5 heteroatoms. The highest BCUT2D eigenvalue weighted by Gasteiger charge is 2.06. The third-order valence-electron chi connectivity index (χ3n) is 2.96. The summed E-state index contributed by atoms with van der Waals surface area (Å²) in [4.78, 5) is 10.5. The van der Waals surface area contributed by atoms with Crippen molar-refractivity contribution >= 4 is 11.8 Å². The van der Waals surface area contributed by atoms with Crippen LogP contribution in [0.5, 0.6) is 5.75 Å². The first kappa shape index (κ1) is 15.1. The molecular weight excluding hydrogens is 264 g/mol. The minimum atomic E-state index is 0.149. The molecule has 0 bridgehead atoms. The van der Waals surface area contributed by atoms with E-state index >= 15 is 0 Å². The lowest BCUT2D eigenvalue weighted by Crippen LogP contribution is -2.24. The molecule has 2 aromatic rings. The SMILES string of the molecule is Cc1ccc(OCC(C)Nc2ccnc(N(C)C)n2)cc1. The van der Waals surface area contributed by atoms with Crippen molar-refractivity contribution in [3.05, 3.63) is 42.1 Å². The fourth-order valence-corrected chi connectivity index (χ4v) is 1.79. The van der Waals surface area contributed by atoms with E-state index in [1.165, 1.54) is 5.56 Å². The molecule has 0 spiro atoms. The molecular formula is C16H22N4O. The molecule has 1 heterocycles. The molecule has 1 aromatic carbocycles. The second-order valence-corrected chi connectivity index (χ2v) is 5.31. The van der Waals surface area contributed by atoms with E-state index in [1.807, 2.05) is 49.3 Å². The molecule has 112 valence electrons. The number of aryl methyl sites for hydroxylation is 1. The lowest BCUT2D eigenvalue weighted by atomic mass is 10.2. The number of rotatable bonds is 6. The molecule has 5 nitrogen and oxygen atoms in total. The Morgan fingerprint density at radius 2 is 1.90 bits per heavy atom. The van der Waals surface area contributed by atoms with Crippen LogP contribution in [0.25, 0.3) is 0 Å². The number of nitrogens with one attached hydrogen (secondary N) is 1. The fourth-order valence-electron chi connectivity index (χ4n) is 1.79. The van der Waals surface area contributed by atoms with Crippen molar-refractivity contribution < 1.29 is 4.74 Å². The summed E-state index contributed by atoms with van der Waals surface area (Å²) in [5, 5.41) is 3.32. The summed E-state index contributed by atoms with van der Waals surface area (Å²) in [7, 11) is 3.84. The first-order chi connectivity index (χ1) is 10.0. The van der Waals surface area contributed by atoms with Crippen LogP contribution in [0.1, 0.15) is 12.5 Å². The minimum absolute atomic E-state index is 0.149.